The summed E-state index contributed by atoms with van der Waals surface area (Å²) in [6.45, 7) is 12.1. The number of aliphatic hydroxyl groups is 1. The van der Waals surface area contributed by atoms with Crippen molar-refractivity contribution in [3.63, 3.8) is 0 Å². The number of ketones is 1. The first-order chi connectivity index (χ1) is 17.9. The Bertz CT molecular complexity index is 1400. The third-order valence-corrected chi connectivity index (χ3v) is 6.68. The predicted molar refractivity (Wildman–Crippen MR) is 150 cm³/mol. The van der Waals surface area contributed by atoms with Crippen LogP contribution < -0.4 is 14.4 Å². The smallest absolute Gasteiger partial charge is 0.300 e. The Kier molecular flexibility index (Phi) is 7.36. The maximum absolute atomic E-state index is 13.5. The van der Waals surface area contributed by atoms with Crippen molar-refractivity contribution >= 4 is 23.1 Å². The lowest BCUT2D eigenvalue weighted by Crippen LogP contribution is -2.29. The number of carbonyl (C=O) groups excluding carboxylic acids is 2. The average molecular weight is 514 g/mol. The third kappa shape index (κ3) is 5.17. The third-order valence-electron chi connectivity index (χ3n) is 6.68. The summed E-state index contributed by atoms with van der Waals surface area (Å²) in [6, 6.07) is 19.2. The van der Waals surface area contributed by atoms with E-state index in [-0.39, 0.29) is 22.9 Å². The highest BCUT2D eigenvalue weighted by molar-refractivity contribution is 6.51. The molecule has 0 aliphatic carbocycles. The molecule has 1 fully saturated rings. The topological polar surface area (TPSA) is 76.1 Å². The summed E-state index contributed by atoms with van der Waals surface area (Å²) in [5.41, 5.74) is 3.54. The monoisotopic (exact) mass is 513 g/mol. The fraction of sp³-hybridized carbons (Fsp3) is 0.312. The van der Waals surface area contributed by atoms with Gasteiger partial charge in [0.05, 0.1) is 24.8 Å². The van der Waals surface area contributed by atoms with Gasteiger partial charge in [0.1, 0.15) is 17.3 Å². The van der Waals surface area contributed by atoms with E-state index < -0.39 is 17.7 Å². The molecule has 38 heavy (non-hydrogen) atoms. The number of rotatable bonds is 6. The number of carbonyl (C=O) groups is 2. The Morgan fingerprint density at radius 3 is 2.24 bits per heavy atom. The number of hydrogen-bond acceptors (Lipinski definition) is 5. The van der Waals surface area contributed by atoms with Crippen LogP contribution in [0.2, 0.25) is 0 Å². The number of ether oxygens (including phenoxy) is 2. The molecule has 0 saturated carbocycles. The molecular formula is C32H35NO5. The van der Waals surface area contributed by atoms with Crippen LogP contribution >= 0.6 is 0 Å². The molecule has 0 aromatic heterocycles. The lowest BCUT2D eigenvalue weighted by molar-refractivity contribution is -0.132. The molecule has 1 amide bonds. The van der Waals surface area contributed by atoms with E-state index in [0.29, 0.717) is 28.3 Å². The molecule has 0 bridgehead atoms. The molecule has 1 N–H and O–H groups in total. The molecule has 6 heteroatoms. The van der Waals surface area contributed by atoms with Crippen LogP contribution in [0.3, 0.4) is 0 Å². The molecule has 3 aromatic rings. The normalized spacial score (nSPS) is 17.3. The molecular weight excluding hydrogens is 478 g/mol. The molecule has 1 atom stereocenters. The van der Waals surface area contributed by atoms with E-state index in [0.717, 1.165) is 11.1 Å². The second-order valence-corrected chi connectivity index (χ2v) is 10.9. The van der Waals surface area contributed by atoms with Gasteiger partial charge in [-0.1, -0.05) is 45.0 Å². The van der Waals surface area contributed by atoms with Crippen LogP contribution in [0.5, 0.6) is 11.5 Å². The minimum Gasteiger partial charge on any atom is -0.507 e. The quantitative estimate of drug-likeness (QED) is 0.225. The van der Waals surface area contributed by atoms with Crippen molar-refractivity contribution in [2.24, 2.45) is 0 Å². The molecule has 1 unspecified atom stereocenters. The molecule has 6 nitrogen and oxygen atoms in total. The van der Waals surface area contributed by atoms with Crippen LogP contribution in [0.1, 0.15) is 62.9 Å². The van der Waals surface area contributed by atoms with Crippen molar-refractivity contribution < 1.29 is 24.2 Å². The van der Waals surface area contributed by atoms with Gasteiger partial charge in [-0.15, -0.1) is 0 Å². The summed E-state index contributed by atoms with van der Waals surface area (Å²) >= 11 is 0. The molecule has 198 valence electrons. The first kappa shape index (κ1) is 27.0. The second kappa shape index (κ2) is 10.4. The van der Waals surface area contributed by atoms with Gasteiger partial charge in [-0.05, 0) is 85.3 Å². The van der Waals surface area contributed by atoms with Crippen LogP contribution in [0.25, 0.3) is 5.76 Å². The van der Waals surface area contributed by atoms with Crippen molar-refractivity contribution in [1.82, 2.24) is 0 Å². The number of nitrogens with zero attached hydrogens (tertiary/aromatic N) is 1. The maximum atomic E-state index is 13.5. The lowest BCUT2D eigenvalue weighted by atomic mass is 9.87. The van der Waals surface area contributed by atoms with Crippen molar-refractivity contribution in [3.8, 4) is 11.5 Å². The highest BCUT2D eigenvalue weighted by atomic mass is 16.5. The highest BCUT2D eigenvalue weighted by Crippen LogP contribution is 2.43. The minimum absolute atomic E-state index is 0.00351. The van der Waals surface area contributed by atoms with E-state index in [9.17, 15) is 14.7 Å². The Balaban J connectivity index is 1.89. The molecule has 1 aliphatic heterocycles. The predicted octanol–water partition coefficient (Wildman–Crippen LogP) is 6.71. The highest BCUT2D eigenvalue weighted by Gasteiger charge is 2.47. The van der Waals surface area contributed by atoms with E-state index >= 15 is 0 Å². The summed E-state index contributed by atoms with van der Waals surface area (Å²) in [6.07, 6.45) is -0.00351. The van der Waals surface area contributed by atoms with Gasteiger partial charge in [0, 0.05) is 11.3 Å². The standard InChI is InChI=1S/C32H35NO5/c1-19(2)38-26-16-11-22(17-20(26)3)29(34)27-28(21-9-8-10-25(18-21)37-7)33(31(36)30(27)35)24-14-12-23(13-15-24)32(4,5)6/h8-19,28,34H,1-7H3/b29-27+. The first-order valence-corrected chi connectivity index (χ1v) is 12.8. The van der Waals surface area contributed by atoms with Crippen LogP contribution in [0.15, 0.2) is 72.3 Å². The zero-order valence-corrected chi connectivity index (χ0v) is 23.0. The van der Waals surface area contributed by atoms with Crippen molar-refractivity contribution in [2.75, 3.05) is 12.0 Å². The van der Waals surface area contributed by atoms with E-state index in [1.54, 1.807) is 43.5 Å². The molecule has 1 saturated heterocycles. The zero-order valence-electron chi connectivity index (χ0n) is 23.0. The number of aryl methyl sites for hydroxylation is 1. The van der Waals surface area contributed by atoms with E-state index in [1.807, 2.05) is 51.1 Å². The van der Waals surface area contributed by atoms with Gasteiger partial charge in [0.15, 0.2) is 0 Å². The van der Waals surface area contributed by atoms with Crippen molar-refractivity contribution in [3.05, 3.63) is 94.6 Å². The van der Waals surface area contributed by atoms with Gasteiger partial charge in [-0.2, -0.15) is 0 Å². The fourth-order valence-electron chi connectivity index (χ4n) is 4.69. The number of benzene rings is 3. The molecule has 1 heterocycles. The minimum atomic E-state index is -0.836. The largest absolute Gasteiger partial charge is 0.507 e. The number of Topliss-reactive ketones (excluding diaryl/α,β-unsaturated/α-hetero) is 1. The van der Waals surface area contributed by atoms with E-state index in [4.69, 9.17) is 9.47 Å². The van der Waals surface area contributed by atoms with Gasteiger partial charge in [0.25, 0.3) is 11.7 Å². The van der Waals surface area contributed by atoms with Gasteiger partial charge in [-0.3, -0.25) is 14.5 Å². The SMILES string of the molecule is COc1cccc(C2/C(=C(\O)c3ccc(OC(C)C)c(C)c3)C(=O)C(=O)N2c2ccc(C(C)(C)C)cc2)c1. The van der Waals surface area contributed by atoms with Gasteiger partial charge >= 0.3 is 0 Å². The maximum Gasteiger partial charge on any atom is 0.300 e. The number of hydrogen-bond donors (Lipinski definition) is 1. The summed E-state index contributed by atoms with van der Waals surface area (Å²) in [4.78, 5) is 28.5. The van der Waals surface area contributed by atoms with E-state index in [2.05, 4.69) is 20.8 Å². The Labute approximate surface area is 224 Å². The van der Waals surface area contributed by atoms with E-state index in [1.165, 1.54) is 4.90 Å². The molecule has 4 rings (SSSR count). The molecule has 1 aliphatic rings. The molecule has 0 spiro atoms. The second-order valence-electron chi connectivity index (χ2n) is 10.9. The number of methoxy groups -OCH3 is 1. The average Bonchev–Trinajstić information content (AvgIpc) is 3.14. The van der Waals surface area contributed by atoms with Crippen LogP contribution in [-0.2, 0) is 15.0 Å². The molecule has 0 radical (unpaired) electrons. The first-order valence-electron chi connectivity index (χ1n) is 12.8. The Hall–Kier alpha value is -4.06. The number of anilines is 1. The van der Waals surface area contributed by atoms with Gasteiger partial charge in [-0.25, -0.2) is 0 Å². The Morgan fingerprint density at radius 1 is 0.974 bits per heavy atom. The summed E-state index contributed by atoms with van der Waals surface area (Å²) in [5, 5.41) is 11.5. The van der Waals surface area contributed by atoms with Gasteiger partial charge < -0.3 is 14.6 Å². The fourth-order valence-corrected chi connectivity index (χ4v) is 4.69. The summed E-state index contributed by atoms with van der Waals surface area (Å²) in [7, 11) is 1.56. The van der Waals surface area contributed by atoms with Crippen LogP contribution in [-0.4, -0.2) is 30.0 Å². The molecule has 3 aromatic carbocycles. The van der Waals surface area contributed by atoms with Crippen molar-refractivity contribution in [2.45, 2.75) is 59.1 Å². The van der Waals surface area contributed by atoms with Crippen molar-refractivity contribution in [1.29, 1.82) is 0 Å². The van der Waals surface area contributed by atoms with Crippen LogP contribution in [0.4, 0.5) is 5.69 Å². The Morgan fingerprint density at radius 2 is 1.66 bits per heavy atom. The number of amides is 1. The van der Waals surface area contributed by atoms with Gasteiger partial charge in [0.2, 0.25) is 0 Å². The summed E-state index contributed by atoms with van der Waals surface area (Å²) < 4.78 is 11.2. The lowest BCUT2D eigenvalue weighted by Gasteiger charge is -2.27. The zero-order chi connectivity index (χ0) is 27.8. The summed E-state index contributed by atoms with van der Waals surface area (Å²) in [5.74, 6) is -0.388. The number of aliphatic hydroxyl groups excluding tert-OH is 1. The van der Waals surface area contributed by atoms with Crippen LogP contribution in [0, 0.1) is 6.92 Å².